The minimum atomic E-state index is -0.119. The predicted octanol–water partition coefficient (Wildman–Crippen LogP) is 19.1. The van der Waals surface area contributed by atoms with Crippen LogP contribution in [-0.2, 0) is 21.7 Å². The highest BCUT2D eigenvalue weighted by molar-refractivity contribution is 7.00. The Morgan fingerprint density at radius 1 is 0.300 bits per heavy atom. The van der Waals surface area contributed by atoms with E-state index in [0.29, 0.717) is 0 Å². The summed E-state index contributed by atoms with van der Waals surface area (Å²) in [7, 11) is 0. The number of nitrogens with zero attached hydrogens (tertiary/aromatic N) is 3. The van der Waals surface area contributed by atoms with Crippen molar-refractivity contribution in [1.82, 2.24) is 4.57 Å². The molecule has 1 aromatic heterocycles. The molecule has 0 atom stereocenters. The van der Waals surface area contributed by atoms with Crippen molar-refractivity contribution in [3.63, 3.8) is 0 Å². The fourth-order valence-corrected chi connectivity index (χ4v) is 12.6. The van der Waals surface area contributed by atoms with E-state index in [4.69, 9.17) is 0 Å². The number of aromatic nitrogens is 1. The first kappa shape index (κ1) is 51.1. The Morgan fingerprint density at radius 3 is 1.16 bits per heavy atom. The maximum absolute atomic E-state index is 2.65. The summed E-state index contributed by atoms with van der Waals surface area (Å²) in [6.07, 6.45) is 0. The van der Waals surface area contributed by atoms with E-state index in [1.54, 1.807) is 0 Å². The van der Waals surface area contributed by atoms with Crippen LogP contribution < -0.4 is 26.2 Å². The average Bonchev–Trinajstić information content (AvgIpc) is 3.53. The number of anilines is 6. The molecule has 0 radical (unpaired) electrons. The van der Waals surface area contributed by atoms with E-state index in [-0.39, 0.29) is 28.4 Å². The van der Waals surface area contributed by atoms with Gasteiger partial charge in [-0.15, -0.1) is 0 Å². The molecule has 0 spiro atoms. The summed E-state index contributed by atoms with van der Waals surface area (Å²) in [5.74, 6) is 0. The van der Waals surface area contributed by atoms with Gasteiger partial charge in [0, 0.05) is 56.1 Å². The zero-order valence-corrected chi connectivity index (χ0v) is 48.7. The van der Waals surface area contributed by atoms with Gasteiger partial charge < -0.3 is 14.4 Å². The molecule has 0 amide bonds. The first-order valence-corrected chi connectivity index (χ1v) is 28.8. The third kappa shape index (κ3) is 8.67. The van der Waals surface area contributed by atoms with Crippen molar-refractivity contribution in [1.29, 1.82) is 0 Å². The number of benzene rings is 10. The first-order chi connectivity index (χ1) is 38.2. The van der Waals surface area contributed by atoms with Gasteiger partial charge in [0.15, 0.2) is 0 Å². The van der Waals surface area contributed by atoms with Gasteiger partial charge in [-0.25, -0.2) is 0 Å². The van der Waals surface area contributed by atoms with Crippen LogP contribution in [0, 0.1) is 0 Å². The molecular weight excluding hydrogens is 966 g/mol. The van der Waals surface area contributed by atoms with Gasteiger partial charge in [0.25, 0.3) is 6.71 Å². The molecule has 0 N–H and O–H groups in total. The van der Waals surface area contributed by atoms with Crippen LogP contribution in [0.15, 0.2) is 218 Å². The van der Waals surface area contributed by atoms with Crippen LogP contribution in [0.25, 0.3) is 60.9 Å². The lowest BCUT2D eigenvalue weighted by molar-refractivity contribution is 0.568. The fourth-order valence-electron chi connectivity index (χ4n) is 12.6. The van der Waals surface area contributed by atoms with Gasteiger partial charge in [-0.3, -0.25) is 0 Å². The molecule has 2 aliphatic rings. The summed E-state index contributed by atoms with van der Waals surface area (Å²) in [5.41, 5.74) is 26.6. The lowest BCUT2D eigenvalue weighted by Gasteiger charge is -2.45. The molecule has 0 aliphatic carbocycles. The minimum Gasteiger partial charge on any atom is -0.311 e. The molecule has 10 aromatic carbocycles. The fraction of sp³-hybridized carbons (Fsp3) is 0.211. The molecule has 3 heterocycles. The van der Waals surface area contributed by atoms with Crippen LogP contribution in [0.5, 0.6) is 0 Å². The molecule has 11 aromatic rings. The highest BCUT2D eigenvalue weighted by Crippen LogP contribution is 2.50. The normalized spacial score (nSPS) is 13.4. The van der Waals surface area contributed by atoms with E-state index >= 15 is 0 Å². The second kappa shape index (κ2) is 18.6. The van der Waals surface area contributed by atoms with E-state index in [2.05, 4.69) is 316 Å². The van der Waals surface area contributed by atoms with E-state index in [0.717, 1.165) is 11.3 Å². The van der Waals surface area contributed by atoms with E-state index in [1.807, 2.05) is 0 Å². The highest BCUT2D eigenvalue weighted by Gasteiger charge is 2.45. The molecule has 0 saturated heterocycles. The van der Waals surface area contributed by atoms with Crippen molar-refractivity contribution in [2.45, 2.75) is 105 Å². The summed E-state index contributed by atoms with van der Waals surface area (Å²) in [6, 6.07) is 83.3. The standard InChI is InChI=1S/C76H72BN3/c1-73(2,3)54-43-55(74(4,5)6)46-59(45-54)78-67-37-35-51(49-25-16-13-17-26-49)39-64(67)77-65-40-52(50-27-18-14-19-28-50)36-38-68(65)79(60-47-56(75(7,8)9)44-57(48-60)76(10,11)12)70-42-53(41-69(78)71(70)77)61-32-24-33-63-62-31-22-23-34-66(62)80(72(61)63)58-29-20-15-21-30-58/h13-48H,1-12H3. The zero-order chi connectivity index (χ0) is 55.6. The SMILES string of the molecule is CC(C)(C)c1cc(N2c3ccc(-c4ccccc4)cc3B3c4cc(-c5ccccc5)ccc4N(c4cc(C(C)(C)C)cc(C(C)(C)C)c4)c4cc(-c5cccc6c7ccccc7n(-c7ccccc7)c56)cc2c43)cc(C(C)(C)C)c1. The number of para-hydroxylation sites is 3. The number of fused-ring (bicyclic) bond motifs is 7. The van der Waals surface area contributed by atoms with Crippen molar-refractivity contribution in [3.8, 4) is 39.1 Å². The Labute approximate surface area is 475 Å². The second-order valence-corrected chi connectivity index (χ2v) is 26.7. The quantitative estimate of drug-likeness (QED) is 0.154. The average molecular weight is 1040 g/mol. The Bertz CT molecular complexity index is 3960. The third-order valence-electron chi connectivity index (χ3n) is 17.1. The lowest BCUT2D eigenvalue weighted by Crippen LogP contribution is -2.61. The summed E-state index contributed by atoms with van der Waals surface area (Å²) in [4.78, 5) is 5.30. The van der Waals surface area contributed by atoms with Crippen LogP contribution in [0.1, 0.15) is 105 Å². The summed E-state index contributed by atoms with van der Waals surface area (Å²) in [6.45, 7) is 28.2. The number of hydrogen-bond acceptors (Lipinski definition) is 2. The molecule has 4 heteroatoms. The number of hydrogen-bond donors (Lipinski definition) is 0. The monoisotopic (exact) mass is 1040 g/mol. The van der Waals surface area contributed by atoms with Crippen LogP contribution in [0.2, 0.25) is 0 Å². The van der Waals surface area contributed by atoms with Gasteiger partial charge >= 0.3 is 0 Å². The van der Waals surface area contributed by atoms with Crippen molar-refractivity contribution >= 4 is 79.0 Å². The van der Waals surface area contributed by atoms with Crippen molar-refractivity contribution in [2.75, 3.05) is 9.80 Å². The van der Waals surface area contributed by atoms with Gasteiger partial charge in [0.05, 0.1) is 11.0 Å². The van der Waals surface area contributed by atoms with Crippen LogP contribution in [-0.4, -0.2) is 11.3 Å². The molecule has 0 fully saturated rings. The van der Waals surface area contributed by atoms with Crippen LogP contribution in [0.4, 0.5) is 34.1 Å². The molecule has 0 unspecified atom stereocenters. The molecule has 394 valence electrons. The van der Waals surface area contributed by atoms with Gasteiger partial charge in [0.2, 0.25) is 0 Å². The Morgan fingerprint density at radius 2 is 0.713 bits per heavy atom. The maximum Gasteiger partial charge on any atom is 0.252 e. The molecule has 80 heavy (non-hydrogen) atoms. The molecule has 0 saturated carbocycles. The van der Waals surface area contributed by atoms with Gasteiger partial charge in [0.1, 0.15) is 0 Å². The minimum absolute atomic E-state index is 0.109. The highest BCUT2D eigenvalue weighted by atomic mass is 15.2. The molecule has 13 rings (SSSR count). The molecule has 2 aliphatic heterocycles. The van der Waals surface area contributed by atoms with Crippen molar-refractivity contribution < 1.29 is 0 Å². The molecular formula is C76H72BN3. The van der Waals surface area contributed by atoms with Gasteiger partial charge in [-0.05, 0) is 155 Å². The Hall–Kier alpha value is -8.34. The van der Waals surface area contributed by atoms with E-state index in [9.17, 15) is 0 Å². The Balaban J connectivity index is 1.22. The summed E-state index contributed by atoms with van der Waals surface area (Å²) >= 11 is 0. The predicted molar refractivity (Wildman–Crippen MR) is 346 cm³/mol. The zero-order valence-electron chi connectivity index (χ0n) is 48.7. The van der Waals surface area contributed by atoms with Crippen molar-refractivity contribution in [2.24, 2.45) is 0 Å². The smallest absolute Gasteiger partial charge is 0.252 e. The van der Waals surface area contributed by atoms with Crippen molar-refractivity contribution in [3.05, 3.63) is 241 Å². The van der Waals surface area contributed by atoms with Gasteiger partial charge in [-0.1, -0.05) is 235 Å². The van der Waals surface area contributed by atoms with E-state index < -0.39 is 0 Å². The second-order valence-electron chi connectivity index (χ2n) is 26.7. The van der Waals surface area contributed by atoms with Crippen LogP contribution in [0.3, 0.4) is 0 Å². The van der Waals surface area contributed by atoms with E-state index in [1.165, 1.54) is 122 Å². The topological polar surface area (TPSA) is 11.4 Å². The first-order valence-electron chi connectivity index (χ1n) is 28.8. The maximum atomic E-state index is 2.65. The van der Waals surface area contributed by atoms with Gasteiger partial charge in [-0.2, -0.15) is 0 Å². The Kier molecular flexibility index (Phi) is 11.9. The lowest BCUT2D eigenvalue weighted by atomic mass is 9.33. The summed E-state index contributed by atoms with van der Waals surface area (Å²) in [5, 5.41) is 2.47. The number of rotatable bonds is 6. The molecule has 3 nitrogen and oxygen atoms in total. The largest absolute Gasteiger partial charge is 0.311 e. The van der Waals surface area contributed by atoms with Crippen LogP contribution >= 0.6 is 0 Å². The third-order valence-corrected chi connectivity index (χ3v) is 17.1. The molecule has 0 bridgehead atoms. The summed E-state index contributed by atoms with van der Waals surface area (Å²) < 4.78 is 2.50.